The maximum Gasteiger partial charge on any atom is 0.416 e. The van der Waals surface area contributed by atoms with Gasteiger partial charge in [-0.2, -0.15) is 18.2 Å². The molecule has 3 aromatic rings. The Balaban J connectivity index is 1.14. The largest absolute Gasteiger partial charge is 0.489 e. The lowest BCUT2D eigenvalue weighted by Gasteiger charge is -2.37. The minimum absolute atomic E-state index is 0.0141. The van der Waals surface area contributed by atoms with Gasteiger partial charge in [-0.05, 0) is 54.7 Å². The van der Waals surface area contributed by atoms with E-state index in [-0.39, 0.29) is 35.2 Å². The third-order valence-electron chi connectivity index (χ3n) is 7.36. The van der Waals surface area contributed by atoms with Crippen LogP contribution in [0.3, 0.4) is 0 Å². The van der Waals surface area contributed by atoms with Gasteiger partial charge in [-0.1, -0.05) is 12.1 Å². The van der Waals surface area contributed by atoms with Crippen molar-refractivity contribution < 1.29 is 31.8 Å². The molecule has 1 aromatic heterocycles. The van der Waals surface area contributed by atoms with Crippen LogP contribution in [0.2, 0.25) is 0 Å². The number of aromatic nitrogens is 2. The van der Waals surface area contributed by atoms with Crippen molar-refractivity contribution in [1.29, 1.82) is 0 Å². The standard InChI is InChI=1S/C26H23F4N3O4/c1-35-21-22(31-24(34)32-14-25-11-16(12-25)13-33(25)23(21)32)36-8-7-15-5-6-20(19(27)9-15)37-18-4-2-3-17(10-18)26(28,29)30/h2-6,9-10,16H,7-8,11-14H2,1H3. The van der Waals surface area contributed by atoms with E-state index in [1.807, 2.05) is 0 Å². The SMILES string of the molecule is COc1c(OCCc2ccc(Oc3cccc(C(F)(F)F)c3)c(F)c2)nc(=O)n2c1N1CC3CC1(C3)C2. The molecule has 1 spiro atoms. The Morgan fingerprint density at radius 2 is 1.97 bits per heavy atom. The van der Waals surface area contributed by atoms with Gasteiger partial charge in [0.05, 0.1) is 31.4 Å². The van der Waals surface area contributed by atoms with Gasteiger partial charge in [0.1, 0.15) is 5.75 Å². The van der Waals surface area contributed by atoms with Crippen LogP contribution in [0.1, 0.15) is 24.0 Å². The van der Waals surface area contributed by atoms with Gasteiger partial charge >= 0.3 is 11.9 Å². The molecule has 1 saturated carbocycles. The molecule has 0 radical (unpaired) electrons. The first kappa shape index (κ1) is 23.6. The quantitative estimate of drug-likeness (QED) is 0.420. The highest BCUT2D eigenvalue weighted by Gasteiger charge is 2.61. The lowest BCUT2D eigenvalue weighted by molar-refractivity contribution is -0.137. The predicted molar refractivity (Wildman–Crippen MR) is 125 cm³/mol. The summed E-state index contributed by atoms with van der Waals surface area (Å²) in [4.78, 5) is 19.0. The highest BCUT2D eigenvalue weighted by atomic mass is 19.4. The van der Waals surface area contributed by atoms with Crippen LogP contribution in [0.4, 0.5) is 23.4 Å². The van der Waals surface area contributed by atoms with E-state index >= 15 is 0 Å². The van der Waals surface area contributed by atoms with Crippen LogP contribution in [0.15, 0.2) is 47.3 Å². The van der Waals surface area contributed by atoms with Crippen LogP contribution in [0.25, 0.3) is 0 Å². The third kappa shape index (κ3) is 3.96. The van der Waals surface area contributed by atoms with E-state index in [0.29, 0.717) is 36.0 Å². The van der Waals surface area contributed by atoms with E-state index in [0.717, 1.165) is 31.5 Å². The molecule has 2 aromatic carbocycles. The molecule has 7 nitrogen and oxygen atoms in total. The predicted octanol–water partition coefficient (Wildman–Crippen LogP) is 4.81. The summed E-state index contributed by atoms with van der Waals surface area (Å²) in [5.41, 5.74) is -0.712. The molecule has 11 heteroatoms. The van der Waals surface area contributed by atoms with Crippen LogP contribution in [-0.2, 0) is 19.1 Å². The Morgan fingerprint density at radius 3 is 2.70 bits per heavy atom. The molecule has 3 aliphatic heterocycles. The summed E-state index contributed by atoms with van der Waals surface area (Å²) in [5.74, 6) is 0.825. The van der Waals surface area contributed by atoms with Gasteiger partial charge in [0.15, 0.2) is 17.4 Å². The van der Waals surface area contributed by atoms with E-state index in [4.69, 9.17) is 14.2 Å². The zero-order valence-electron chi connectivity index (χ0n) is 19.8. The number of nitrogens with zero attached hydrogens (tertiary/aromatic N) is 3. The normalized spacial score (nSPS) is 21.3. The summed E-state index contributed by atoms with van der Waals surface area (Å²) >= 11 is 0. The average molecular weight is 517 g/mol. The van der Waals surface area contributed by atoms with Crippen LogP contribution >= 0.6 is 0 Å². The summed E-state index contributed by atoms with van der Waals surface area (Å²) < 4.78 is 71.8. The molecule has 4 aliphatic rings. The fourth-order valence-electron chi connectivity index (χ4n) is 5.74. The zero-order valence-corrected chi connectivity index (χ0v) is 19.8. The summed E-state index contributed by atoms with van der Waals surface area (Å²) in [6, 6.07) is 8.43. The van der Waals surface area contributed by atoms with Gasteiger partial charge in [-0.3, -0.25) is 4.57 Å². The number of halogens is 4. The Bertz CT molecular complexity index is 1430. The molecule has 2 bridgehead atoms. The van der Waals surface area contributed by atoms with Crippen LogP contribution in [-0.4, -0.2) is 35.4 Å². The summed E-state index contributed by atoms with van der Waals surface area (Å²) in [6.07, 6.45) is -2.11. The van der Waals surface area contributed by atoms with Crippen molar-refractivity contribution in [2.75, 3.05) is 25.2 Å². The summed E-state index contributed by atoms with van der Waals surface area (Å²) in [5, 5.41) is 0. The lowest BCUT2D eigenvalue weighted by Crippen LogP contribution is -2.44. The number of hydrogen-bond acceptors (Lipinski definition) is 6. The van der Waals surface area contributed by atoms with Crippen molar-refractivity contribution in [2.45, 2.75) is 37.5 Å². The fourth-order valence-corrected chi connectivity index (χ4v) is 5.74. The topological polar surface area (TPSA) is 65.8 Å². The number of alkyl halides is 3. The number of rotatable bonds is 7. The summed E-state index contributed by atoms with van der Waals surface area (Å²) in [7, 11) is 1.51. The molecule has 0 unspecified atom stereocenters. The first-order chi connectivity index (χ1) is 17.7. The molecule has 4 heterocycles. The van der Waals surface area contributed by atoms with Crippen molar-refractivity contribution in [3.63, 3.8) is 0 Å². The van der Waals surface area contributed by atoms with Crippen LogP contribution in [0, 0.1) is 11.7 Å². The van der Waals surface area contributed by atoms with Gasteiger partial charge in [-0.25, -0.2) is 9.18 Å². The maximum atomic E-state index is 14.6. The molecule has 1 aliphatic carbocycles. The lowest BCUT2D eigenvalue weighted by atomic mass is 9.74. The fraction of sp³-hybridized carbons (Fsp3) is 0.385. The van der Waals surface area contributed by atoms with Crippen LogP contribution < -0.4 is 24.8 Å². The summed E-state index contributed by atoms with van der Waals surface area (Å²) in [6.45, 7) is 1.59. The third-order valence-corrected chi connectivity index (χ3v) is 7.36. The number of ether oxygens (including phenoxy) is 3. The molecule has 37 heavy (non-hydrogen) atoms. The molecule has 7 rings (SSSR count). The smallest absolute Gasteiger partial charge is 0.416 e. The van der Waals surface area contributed by atoms with E-state index in [1.54, 1.807) is 10.6 Å². The van der Waals surface area contributed by atoms with Crippen molar-refractivity contribution >= 4 is 5.82 Å². The minimum Gasteiger partial charge on any atom is -0.489 e. The van der Waals surface area contributed by atoms with Gasteiger partial charge in [0, 0.05) is 13.0 Å². The Morgan fingerprint density at radius 1 is 1.16 bits per heavy atom. The Kier molecular flexibility index (Phi) is 5.36. The molecule has 194 valence electrons. The molecule has 0 N–H and O–H groups in total. The van der Waals surface area contributed by atoms with E-state index in [1.165, 1.54) is 31.4 Å². The average Bonchev–Trinajstić information content (AvgIpc) is 3.47. The van der Waals surface area contributed by atoms with E-state index in [9.17, 15) is 22.4 Å². The number of hydrogen-bond donors (Lipinski definition) is 0. The van der Waals surface area contributed by atoms with Crippen molar-refractivity contribution in [3.8, 4) is 23.1 Å². The van der Waals surface area contributed by atoms with Crippen molar-refractivity contribution in [2.24, 2.45) is 5.92 Å². The molecule has 2 saturated heterocycles. The van der Waals surface area contributed by atoms with Gasteiger partial charge in [-0.15, -0.1) is 0 Å². The number of benzene rings is 2. The minimum atomic E-state index is -4.53. The molecular formula is C26H23F4N3O4. The zero-order chi connectivity index (χ0) is 25.9. The van der Waals surface area contributed by atoms with Gasteiger partial charge < -0.3 is 19.1 Å². The first-order valence-corrected chi connectivity index (χ1v) is 11.9. The molecule has 0 atom stereocenters. The highest BCUT2D eigenvalue weighted by Crippen LogP contribution is 2.58. The van der Waals surface area contributed by atoms with E-state index in [2.05, 4.69) is 9.88 Å². The first-order valence-electron chi connectivity index (χ1n) is 11.9. The van der Waals surface area contributed by atoms with Gasteiger partial charge in [0.25, 0.3) is 5.88 Å². The second-order valence-corrected chi connectivity index (χ2v) is 9.74. The Labute approximate surface area is 209 Å². The monoisotopic (exact) mass is 517 g/mol. The number of methoxy groups -OCH3 is 1. The van der Waals surface area contributed by atoms with Crippen LogP contribution in [0.5, 0.6) is 23.1 Å². The Hall–Kier alpha value is -3.76. The second kappa shape index (κ2) is 8.39. The maximum absolute atomic E-state index is 14.6. The van der Waals surface area contributed by atoms with Gasteiger partial charge in [0.2, 0.25) is 5.75 Å². The number of fused-ring (bicyclic) bond motifs is 1. The molecule has 3 fully saturated rings. The second-order valence-electron chi connectivity index (χ2n) is 9.74. The van der Waals surface area contributed by atoms with Crippen molar-refractivity contribution in [1.82, 2.24) is 9.55 Å². The number of anilines is 1. The molecule has 0 amide bonds. The molecular weight excluding hydrogens is 494 g/mol. The van der Waals surface area contributed by atoms with E-state index < -0.39 is 17.6 Å². The van der Waals surface area contributed by atoms with Crippen molar-refractivity contribution in [3.05, 3.63) is 69.9 Å². The highest BCUT2D eigenvalue weighted by molar-refractivity contribution is 5.64.